The smallest absolute Gasteiger partial charge is 0.0952 e. The summed E-state index contributed by atoms with van der Waals surface area (Å²) in [5, 5.41) is 7.75. The molecular formula is C12H19N5. The first-order valence-electron chi connectivity index (χ1n) is 5.98. The second-order valence-corrected chi connectivity index (χ2v) is 4.17. The number of aromatic nitrogens is 4. The van der Waals surface area contributed by atoms with E-state index in [-0.39, 0.29) is 0 Å². The monoisotopic (exact) mass is 233 g/mol. The summed E-state index contributed by atoms with van der Waals surface area (Å²) in [5.41, 5.74) is 2.26. The van der Waals surface area contributed by atoms with Crippen molar-refractivity contribution in [2.75, 3.05) is 6.54 Å². The number of rotatable bonds is 6. The van der Waals surface area contributed by atoms with Gasteiger partial charge in [-0.15, -0.1) is 0 Å². The van der Waals surface area contributed by atoms with Crippen LogP contribution >= 0.6 is 0 Å². The molecular weight excluding hydrogens is 214 g/mol. The van der Waals surface area contributed by atoms with Crippen molar-refractivity contribution in [3.8, 4) is 0 Å². The minimum atomic E-state index is 0.782. The zero-order valence-corrected chi connectivity index (χ0v) is 10.4. The standard InChI is InChI=1S/C12H19N5/c1-3-5-13-7-12-8-14-10-17(12)9-11-4-6-16(2)15-11/h4,6,8,10,13H,3,5,7,9H2,1-2H3. The highest BCUT2D eigenvalue weighted by Gasteiger charge is 2.04. The molecule has 0 aromatic carbocycles. The Morgan fingerprint density at radius 3 is 3.00 bits per heavy atom. The van der Waals surface area contributed by atoms with Crippen molar-refractivity contribution in [2.45, 2.75) is 26.4 Å². The lowest BCUT2D eigenvalue weighted by molar-refractivity contribution is 0.621. The van der Waals surface area contributed by atoms with E-state index in [9.17, 15) is 0 Å². The Morgan fingerprint density at radius 1 is 1.41 bits per heavy atom. The van der Waals surface area contributed by atoms with Gasteiger partial charge in [-0.3, -0.25) is 4.68 Å². The molecule has 0 amide bonds. The van der Waals surface area contributed by atoms with Crippen LogP contribution < -0.4 is 5.32 Å². The van der Waals surface area contributed by atoms with Crippen molar-refractivity contribution in [3.05, 3.63) is 36.2 Å². The largest absolute Gasteiger partial charge is 0.327 e. The molecule has 0 radical (unpaired) electrons. The first kappa shape index (κ1) is 11.9. The van der Waals surface area contributed by atoms with Crippen molar-refractivity contribution in [1.82, 2.24) is 24.6 Å². The summed E-state index contributed by atoms with van der Waals surface area (Å²) in [7, 11) is 1.93. The average Bonchev–Trinajstić information content (AvgIpc) is 2.90. The number of nitrogens with one attached hydrogen (secondary N) is 1. The molecule has 2 rings (SSSR count). The van der Waals surface area contributed by atoms with Crippen LogP contribution in [-0.2, 0) is 20.1 Å². The average molecular weight is 233 g/mol. The Morgan fingerprint density at radius 2 is 2.29 bits per heavy atom. The van der Waals surface area contributed by atoms with Gasteiger partial charge in [0.25, 0.3) is 0 Å². The molecule has 0 atom stereocenters. The van der Waals surface area contributed by atoms with Crippen LogP contribution in [0.1, 0.15) is 24.7 Å². The first-order chi connectivity index (χ1) is 8.29. The molecule has 0 saturated heterocycles. The van der Waals surface area contributed by atoms with Gasteiger partial charge in [-0.25, -0.2) is 4.98 Å². The van der Waals surface area contributed by atoms with Crippen LogP contribution in [0.2, 0.25) is 0 Å². The Labute approximate surface area is 101 Å². The highest BCUT2D eigenvalue weighted by Crippen LogP contribution is 2.04. The van der Waals surface area contributed by atoms with E-state index in [1.54, 1.807) is 0 Å². The zero-order valence-electron chi connectivity index (χ0n) is 10.4. The normalized spacial score (nSPS) is 10.9. The molecule has 0 aliphatic heterocycles. The Kier molecular flexibility index (Phi) is 3.93. The molecule has 92 valence electrons. The van der Waals surface area contributed by atoms with Crippen molar-refractivity contribution < 1.29 is 0 Å². The fourth-order valence-corrected chi connectivity index (χ4v) is 1.75. The Bertz CT molecular complexity index is 457. The number of hydrogen-bond donors (Lipinski definition) is 1. The molecule has 0 aliphatic carbocycles. The summed E-state index contributed by atoms with van der Waals surface area (Å²) in [4.78, 5) is 4.19. The van der Waals surface area contributed by atoms with E-state index in [1.165, 1.54) is 5.69 Å². The minimum Gasteiger partial charge on any atom is -0.327 e. The third kappa shape index (κ3) is 3.17. The van der Waals surface area contributed by atoms with Gasteiger partial charge in [0.05, 0.1) is 24.3 Å². The van der Waals surface area contributed by atoms with Crippen LogP contribution in [-0.4, -0.2) is 25.9 Å². The second-order valence-electron chi connectivity index (χ2n) is 4.17. The molecule has 0 aliphatic rings. The van der Waals surface area contributed by atoms with Gasteiger partial charge in [0.15, 0.2) is 0 Å². The van der Waals surface area contributed by atoms with Gasteiger partial charge in [-0.2, -0.15) is 5.10 Å². The predicted octanol–water partition coefficient (Wildman–Crippen LogP) is 1.16. The van der Waals surface area contributed by atoms with Crippen LogP contribution in [0.3, 0.4) is 0 Å². The summed E-state index contributed by atoms with van der Waals surface area (Å²) in [5.74, 6) is 0. The number of hydrogen-bond acceptors (Lipinski definition) is 3. The van der Waals surface area contributed by atoms with Crippen LogP contribution in [0, 0.1) is 0 Å². The Balaban J connectivity index is 1.98. The maximum absolute atomic E-state index is 4.37. The van der Waals surface area contributed by atoms with E-state index >= 15 is 0 Å². The van der Waals surface area contributed by atoms with Crippen molar-refractivity contribution in [2.24, 2.45) is 7.05 Å². The predicted molar refractivity (Wildman–Crippen MR) is 66.5 cm³/mol. The third-order valence-corrected chi connectivity index (χ3v) is 2.63. The third-order valence-electron chi connectivity index (χ3n) is 2.63. The maximum Gasteiger partial charge on any atom is 0.0952 e. The van der Waals surface area contributed by atoms with E-state index in [0.29, 0.717) is 0 Å². The fourth-order valence-electron chi connectivity index (χ4n) is 1.75. The van der Waals surface area contributed by atoms with Crippen molar-refractivity contribution in [3.63, 3.8) is 0 Å². The summed E-state index contributed by atoms with van der Waals surface area (Å²) >= 11 is 0. The summed E-state index contributed by atoms with van der Waals surface area (Å²) in [6.45, 7) is 4.84. The van der Waals surface area contributed by atoms with E-state index in [4.69, 9.17) is 0 Å². The molecule has 2 aromatic heterocycles. The summed E-state index contributed by atoms with van der Waals surface area (Å²) < 4.78 is 3.95. The minimum absolute atomic E-state index is 0.782. The van der Waals surface area contributed by atoms with Crippen LogP contribution in [0.15, 0.2) is 24.8 Å². The maximum atomic E-state index is 4.37. The second kappa shape index (κ2) is 5.63. The highest BCUT2D eigenvalue weighted by atomic mass is 15.3. The fraction of sp³-hybridized carbons (Fsp3) is 0.500. The van der Waals surface area contributed by atoms with E-state index in [0.717, 1.165) is 31.7 Å². The number of imidazole rings is 1. The lowest BCUT2D eigenvalue weighted by Gasteiger charge is -2.07. The van der Waals surface area contributed by atoms with Crippen molar-refractivity contribution in [1.29, 1.82) is 0 Å². The van der Waals surface area contributed by atoms with E-state index in [1.807, 2.05) is 36.5 Å². The Hall–Kier alpha value is -1.62. The van der Waals surface area contributed by atoms with Gasteiger partial charge >= 0.3 is 0 Å². The summed E-state index contributed by atoms with van der Waals surface area (Å²) in [6, 6.07) is 2.03. The molecule has 0 unspecified atom stereocenters. The molecule has 0 fully saturated rings. The molecule has 2 aromatic rings. The van der Waals surface area contributed by atoms with Gasteiger partial charge in [-0.1, -0.05) is 6.92 Å². The molecule has 5 heteroatoms. The van der Waals surface area contributed by atoms with E-state index < -0.39 is 0 Å². The zero-order chi connectivity index (χ0) is 12.1. The molecule has 0 saturated carbocycles. The molecule has 1 N–H and O–H groups in total. The molecule has 0 bridgehead atoms. The lowest BCUT2D eigenvalue weighted by atomic mass is 10.4. The number of aryl methyl sites for hydroxylation is 1. The van der Waals surface area contributed by atoms with Crippen LogP contribution in [0.25, 0.3) is 0 Å². The quantitative estimate of drug-likeness (QED) is 0.762. The molecule has 17 heavy (non-hydrogen) atoms. The van der Waals surface area contributed by atoms with Gasteiger partial charge in [0.2, 0.25) is 0 Å². The molecule has 0 spiro atoms. The van der Waals surface area contributed by atoms with Crippen LogP contribution in [0.4, 0.5) is 0 Å². The first-order valence-corrected chi connectivity index (χ1v) is 5.98. The van der Waals surface area contributed by atoms with Crippen LogP contribution in [0.5, 0.6) is 0 Å². The molecule has 5 nitrogen and oxygen atoms in total. The topological polar surface area (TPSA) is 47.7 Å². The van der Waals surface area contributed by atoms with E-state index in [2.05, 4.69) is 26.9 Å². The number of nitrogens with zero attached hydrogens (tertiary/aromatic N) is 4. The highest BCUT2D eigenvalue weighted by molar-refractivity contribution is 5.05. The van der Waals surface area contributed by atoms with Gasteiger partial charge in [-0.05, 0) is 19.0 Å². The molecule has 2 heterocycles. The van der Waals surface area contributed by atoms with Gasteiger partial charge in [0, 0.05) is 26.0 Å². The lowest BCUT2D eigenvalue weighted by Crippen LogP contribution is -2.17. The van der Waals surface area contributed by atoms with Crippen molar-refractivity contribution >= 4 is 0 Å². The summed E-state index contributed by atoms with van der Waals surface area (Å²) in [6.07, 6.45) is 6.87. The SMILES string of the molecule is CCCNCc1cncn1Cc1ccn(C)n1. The van der Waals surface area contributed by atoms with Gasteiger partial charge < -0.3 is 9.88 Å². The van der Waals surface area contributed by atoms with Gasteiger partial charge in [0.1, 0.15) is 0 Å².